The molecule has 2 aromatic heterocycles. The van der Waals surface area contributed by atoms with Crippen LogP contribution in [0.2, 0.25) is 0 Å². The minimum Gasteiger partial charge on any atom is -0.489 e. The molecule has 33 heavy (non-hydrogen) atoms. The molecule has 6 heteroatoms. The first-order valence-electron chi connectivity index (χ1n) is 10.6. The molecule has 1 aliphatic rings. The number of aromatic amines is 1. The van der Waals surface area contributed by atoms with Gasteiger partial charge in [0.2, 0.25) is 0 Å². The number of amides is 2. The molecule has 6 nitrogen and oxygen atoms in total. The van der Waals surface area contributed by atoms with Gasteiger partial charge < -0.3 is 14.3 Å². The SMILES string of the molecule is O=C1NC(=O)C(n2ccc3cc(OCc4ccccc4)ccc32)=C1c1c[nH]c2ccccc12. The van der Waals surface area contributed by atoms with Crippen LogP contribution in [0, 0.1) is 0 Å². The van der Waals surface area contributed by atoms with Gasteiger partial charge in [-0.25, -0.2) is 0 Å². The highest BCUT2D eigenvalue weighted by atomic mass is 16.5. The fourth-order valence-corrected chi connectivity index (χ4v) is 4.35. The third-order valence-corrected chi connectivity index (χ3v) is 5.92. The zero-order valence-corrected chi connectivity index (χ0v) is 17.5. The van der Waals surface area contributed by atoms with Gasteiger partial charge >= 0.3 is 0 Å². The molecule has 2 N–H and O–H groups in total. The second kappa shape index (κ2) is 7.53. The summed E-state index contributed by atoms with van der Waals surface area (Å²) in [5, 5.41) is 4.27. The first-order valence-corrected chi connectivity index (χ1v) is 10.6. The number of nitrogens with zero attached hydrogens (tertiary/aromatic N) is 1. The highest BCUT2D eigenvalue weighted by Gasteiger charge is 2.34. The molecule has 0 fully saturated rings. The number of H-pyrrole nitrogens is 1. The van der Waals surface area contributed by atoms with Gasteiger partial charge in [0.1, 0.15) is 18.1 Å². The zero-order valence-electron chi connectivity index (χ0n) is 17.5. The lowest BCUT2D eigenvalue weighted by molar-refractivity contribution is -0.122. The Labute approximate surface area is 189 Å². The van der Waals surface area contributed by atoms with E-state index in [2.05, 4.69) is 10.3 Å². The molecule has 1 aliphatic heterocycles. The molecular weight excluding hydrogens is 414 g/mol. The van der Waals surface area contributed by atoms with E-state index in [0.29, 0.717) is 23.4 Å². The molecule has 0 aliphatic carbocycles. The number of carbonyl (C=O) groups excluding carboxylic acids is 2. The average molecular weight is 433 g/mol. The molecule has 0 unspecified atom stereocenters. The van der Waals surface area contributed by atoms with Crippen molar-refractivity contribution in [2.45, 2.75) is 6.61 Å². The Morgan fingerprint density at radius 2 is 1.67 bits per heavy atom. The van der Waals surface area contributed by atoms with Crippen molar-refractivity contribution in [3.63, 3.8) is 0 Å². The van der Waals surface area contributed by atoms with Gasteiger partial charge in [-0.2, -0.15) is 0 Å². The van der Waals surface area contributed by atoms with Crippen molar-refractivity contribution in [3.8, 4) is 5.75 Å². The van der Waals surface area contributed by atoms with E-state index in [1.165, 1.54) is 0 Å². The second-order valence-electron chi connectivity index (χ2n) is 7.94. The van der Waals surface area contributed by atoms with Crippen LogP contribution in [0.1, 0.15) is 11.1 Å². The molecule has 0 saturated carbocycles. The van der Waals surface area contributed by atoms with Crippen LogP contribution in [0.5, 0.6) is 5.75 Å². The number of carbonyl (C=O) groups is 2. The first kappa shape index (κ1) is 19.1. The van der Waals surface area contributed by atoms with Crippen molar-refractivity contribution in [2.24, 2.45) is 0 Å². The number of nitrogens with one attached hydrogen (secondary N) is 2. The summed E-state index contributed by atoms with van der Waals surface area (Å²) in [5.41, 5.74) is 4.19. The van der Waals surface area contributed by atoms with Gasteiger partial charge in [-0.05, 0) is 35.9 Å². The van der Waals surface area contributed by atoms with Crippen molar-refractivity contribution < 1.29 is 14.3 Å². The molecule has 3 heterocycles. The third-order valence-electron chi connectivity index (χ3n) is 5.92. The van der Waals surface area contributed by atoms with E-state index in [9.17, 15) is 9.59 Å². The maximum atomic E-state index is 12.8. The highest BCUT2D eigenvalue weighted by Crippen LogP contribution is 2.34. The van der Waals surface area contributed by atoms with E-state index in [4.69, 9.17) is 4.74 Å². The van der Waals surface area contributed by atoms with Gasteiger partial charge in [0.15, 0.2) is 0 Å². The van der Waals surface area contributed by atoms with Crippen LogP contribution in [0.4, 0.5) is 0 Å². The topological polar surface area (TPSA) is 76.1 Å². The van der Waals surface area contributed by atoms with E-state index < -0.39 is 11.8 Å². The van der Waals surface area contributed by atoms with Crippen LogP contribution in [0.15, 0.2) is 91.3 Å². The number of ether oxygens (including phenoxy) is 1. The summed E-state index contributed by atoms with van der Waals surface area (Å²) in [7, 11) is 0. The minimum atomic E-state index is -0.415. The van der Waals surface area contributed by atoms with Gasteiger partial charge in [-0.3, -0.25) is 14.9 Å². The van der Waals surface area contributed by atoms with Crippen LogP contribution in [0.3, 0.4) is 0 Å². The van der Waals surface area contributed by atoms with E-state index in [1.807, 2.05) is 85.1 Å². The van der Waals surface area contributed by atoms with E-state index in [-0.39, 0.29) is 0 Å². The van der Waals surface area contributed by atoms with Crippen LogP contribution in [-0.4, -0.2) is 21.4 Å². The van der Waals surface area contributed by atoms with E-state index >= 15 is 0 Å². The molecule has 3 aromatic carbocycles. The predicted molar refractivity (Wildman–Crippen MR) is 127 cm³/mol. The summed E-state index contributed by atoms with van der Waals surface area (Å²) in [4.78, 5) is 28.8. The molecule has 0 radical (unpaired) electrons. The number of rotatable bonds is 5. The summed E-state index contributed by atoms with van der Waals surface area (Å²) in [6, 6.07) is 25.3. The van der Waals surface area contributed by atoms with Crippen LogP contribution < -0.4 is 10.1 Å². The van der Waals surface area contributed by atoms with Crippen molar-refractivity contribution in [1.29, 1.82) is 0 Å². The number of para-hydroxylation sites is 1. The molecule has 6 rings (SSSR count). The number of fused-ring (bicyclic) bond motifs is 2. The zero-order chi connectivity index (χ0) is 22.4. The number of imide groups is 1. The smallest absolute Gasteiger partial charge is 0.275 e. The molecule has 0 saturated heterocycles. The number of aromatic nitrogens is 2. The van der Waals surface area contributed by atoms with Crippen molar-refractivity contribution in [1.82, 2.24) is 14.9 Å². The molecular formula is C27H19N3O3. The number of benzene rings is 3. The summed E-state index contributed by atoms with van der Waals surface area (Å²) >= 11 is 0. The van der Waals surface area contributed by atoms with Crippen molar-refractivity contribution in [2.75, 3.05) is 0 Å². The maximum absolute atomic E-state index is 12.8. The number of hydrogen-bond donors (Lipinski definition) is 2. The Kier molecular flexibility index (Phi) is 4.36. The summed E-state index contributed by atoms with van der Waals surface area (Å²) < 4.78 is 7.71. The Balaban J connectivity index is 1.42. The minimum absolute atomic E-state index is 0.317. The third kappa shape index (κ3) is 3.20. The quantitative estimate of drug-likeness (QED) is 0.394. The summed E-state index contributed by atoms with van der Waals surface area (Å²) in [6.07, 6.45) is 3.59. The molecule has 0 spiro atoms. The van der Waals surface area contributed by atoms with Gasteiger partial charge in [-0.15, -0.1) is 0 Å². The van der Waals surface area contributed by atoms with E-state index in [1.54, 1.807) is 10.8 Å². The predicted octanol–water partition coefficient (Wildman–Crippen LogP) is 4.73. The normalized spacial score (nSPS) is 13.8. The Bertz CT molecular complexity index is 1570. The van der Waals surface area contributed by atoms with Crippen LogP contribution in [0.25, 0.3) is 33.1 Å². The Hall–Kier alpha value is -4.58. The lowest BCUT2D eigenvalue weighted by Gasteiger charge is -2.09. The van der Waals surface area contributed by atoms with Crippen molar-refractivity contribution in [3.05, 3.63) is 102 Å². The largest absolute Gasteiger partial charge is 0.489 e. The molecule has 5 aromatic rings. The van der Waals surface area contributed by atoms with Crippen LogP contribution in [-0.2, 0) is 16.2 Å². The molecule has 160 valence electrons. The number of hydrogen-bond acceptors (Lipinski definition) is 3. The lowest BCUT2D eigenvalue weighted by Crippen LogP contribution is -2.23. The van der Waals surface area contributed by atoms with Gasteiger partial charge in [0.25, 0.3) is 11.8 Å². The van der Waals surface area contributed by atoms with Crippen molar-refractivity contribution >= 4 is 44.9 Å². The first-order chi connectivity index (χ1) is 16.2. The highest BCUT2D eigenvalue weighted by molar-refractivity contribution is 6.47. The van der Waals surface area contributed by atoms with Gasteiger partial charge in [0, 0.05) is 34.2 Å². The molecule has 0 atom stereocenters. The second-order valence-corrected chi connectivity index (χ2v) is 7.94. The standard InChI is InChI=1S/C27H19N3O3/c31-26-24(21-15-28-22-9-5-4-8-20(21)22)25(27(32)29-26)30-13-12-18-14-19(10-11-23(18)30)33-16-17-6-2-1-3-7-17/h1-15,28H,16H2,(H,29,31,32). The summed E-state index contributed by atoms with van der Waals surface area (Å²) in [5.74, 6) is -0.0755. The summed E-state index contributed by atoms with van der Waals surface area (Å²) in [6.45, 7) is 0.472. The van der Waals surface area contributed by atoms with E-state index in [0.717, 1.165) is 33.1 Å². The fraction of sp³-hybridized carbons (Fsp3) is 0.0370. The van der Waals surface area contributed by atoms with Crippen LogP contribution >= 0.6 is 0 Å². The van der Waals surface area contributed by atoms with Gasteiger partial charge in [0.05, 0.1) is 11.1 Å². The van der Waals surface area contributed by atoms with Gasteiger partial charge in [-0.1, -0.05) is 48.5 Å². The maximum Gasteiger partial charge on any atom is 0.275 e. The lowest BCUT2D eigenvalue weighted by atomic mass is 10.0. The molecule has 2 amide bonds. The fourth-order valence-electron chi connectivity index (χ4n) is 4.35. The Morgan fingerprint density at radius 3 is 2.55 bits per heavy atom. The molecule has 0 bridgehead atoms. The average Bonchev–Trinajstić information content (AvgIpc) is 3.52. The Morgan fingerprint density at radius 1 is 0.848 bits per heavy atom. The monoisotopic (exact) mass is 433 g/mol.